The summed E-state index contributed by atoms with van der Waals surface area (Å²) in [5.74, 6) is 0.969. The quantitative estimate of drug-likeness (QED) is 0.687. The molecule has 1 aliphatic rings. The van der Waals surface area contributed by atoms with Gasteiger partial charge in [0, 0.05) is 12.6 Å². The van der Waals surface area contributed by atoms with E-state index in [0.29, 0.717) is 12.6 Å². The zero-order valence-corrected chi connectivity index (χ0v) is 8.84. The molecule has 0 aromatic heterocycles. The van der Waals surface area contributed by atoms with Gasteiger partial charge in [0.1, 0.15) is 0 Å². The SMILES string of the molecule is CCNC(=O)CN(C)[C@H](C)C1CC1. The van der Waals surface area contributed by atoms with Crippen molar-refractivity contribution in [3.63, 3.8) is 0 Å². The van der Waals surface area contributed by atoms with E-state index in [9.17, 15) is 4.79 Å². The van der Waals surface area contributed by atoms with E-state index in [1.54, 1.807) is 0 Å². The van der Waals surface area contributed by atoms with Crippen molar-refractivity contribution in [2.24, 2.45) is 5.92 Å². The number of nitrogens with one attached hydrogen (secondary N) is 1. The molecule has 1 aliphatic carbocycles. The van der Waals surface area contributed by atoms with Gasteiger partial charge < -0.3 is 5.32 Å². The summed E-state index contributed by atoms with van der Waals surface area (Å²) in [6.07, 6.45) is 2.67. The first kappa shape index (κ1) is 10.5. The molecular weight excluding hydrogens is 164 g/mol. The van der Waals surface area contributed by atoms with E-state index in [1.807, 2.05) is 14.0 Å². The van der Waals surface area contributed by atoms with E-state index in [1.165, 1.54) is 12.8 Å². The van der Waals surface area contributed by atoms with E-state index in [2.05, 4.69) is 17.1 Å². The highest BCUT2D eigenvalue weighted by Crippen LogP contribution is 2.34. The van der Waals surface area contributed by atoms with Crippen molar-refractivity contribution < 1.29 is 4.79 Å². The van der Waals surface area contributed by atoms with Crippen LogP contribution in [0.3, 0.4) is 0 Å². The topological polar surface area (TPSA) is 32.3 Å². The first-order valence-electron chi connectivity index (χ1n) is 5.12. The molecule has 0 radical (unpaired) electrons. The molecule has 0 bridgehead atoms. The highest BCUT2D eigenvalue weighted by molar-refractivity contribution is 5.77. The fourth-order valence-electron chi connectivity index (χ4n) is 1.56. The Balaban J connectivity index is 2.22. The molecule has 1 fully saturated rings. The first-order valence-corrected chi connectivity index (χ1v) is 5.12. The molecule has 0 spiro atoms. The smallest absolute Gasteiger partial charge is 0.234 e. The zero-order chi connectivity index (χ0) is 9.84. The standard InChI is InChI=1S/C10H20N2O/c1-4-11-10(13)7-12(3)8(2)9-5-6-9/h8-9H,4-7H2,1-3H3,(H,11,13)/t8-/m1/s1. The third-order valence-corrected chi connectivity index (χ3v) is 2.77. The van der Waals surface area contributed by atoms with Crippen LogP contribution >= 0.6 is 0 Å². The molecule has 1 N–H and O–H groups in total. The Morgan fingerprint density at radius 1 is 1.62 bits per heavy atom. The number of carbonyl (C=O) groups excluding carboxylic acids is 1. The number of amides is 1. The van der Waals surface area contributed by atoms with Gasteiger partial charge in [-0.1, -0.05) is 0 Å². The van der Waals surface area contributed by atoms with Crippen LogP contribution in [0.1, 0.15) is 26.7 Å². The van der Waals surface area contributed by atoms with Gasteiger partial charge in [-0.05, 0) is 39.7 Å². The molecule has 3 nitrogen and oxygen atoms in total. The maximum Gasteiger partial charge on any atom is 0.234 e. The highest BCUT2D eigenvalue weighted by Gasteiger charge is 2.30. The van der Waals surface area contributed by atoms with Crippen LogP contribution < -0.4 is 5.32 Å². The van der Waals surface area contributed by atoms with Crippen LogP contribution in [0.5, 0.6) is 0 Å². The van der Waals surface area contributed by atoms with E-state index in [0.717, 1.165) is 12.5 Å². The van der Waals surface area contributed by atoms with Crippen LogP contribution in [-0.4, -0.2) is 37.0 Å². The molecule has 0 aromatic rings. The Kier molecular flexibility index (Phi) is 3.72. The molecule has 13 heavy (non-hydrogen) atoms. The summed E-state index contributed by atoms with van der Waals surface area (Å²) in [6.45, 7) is 5.41. The molecule has 76 valence electrons. The largest absolute Gasteiger partial charge is 0.355 e. The number of rotatable bonds is 5. The fraction of sp³-hybridized carbons (Fsp3) is 0.900. The molecule has 0 aliphatic heterocycles. The van der Waals surface area contributed by atoms with Crippen LogP contribution in [0.4, 0.5) is 0 Å². The van der Waals surface area contributed by atoms with E-state index in [4.69, 9.17) is 0 Å². The normalized spacial score (nSPS) is 18.8. The average molecular weight is 184 g/mol. The van der Waals surface area contributed by atoms with Gasteiger partial charge in [-0.15, -0.1) is 0 Å². The first-order chi connectivity index (χ1) is 6.15. The Labute approximate surface area is 80.5 Å². The third-order valence-electron chi connectivity index (χ3n) is 2.77. The maximum absolute atomic E-state index is 11.2. The Morgan fingerprint density at radius 2 is 2.23 bits per heavy atom. The predicted octanol–water partition coefficient (Wildman–Crippen LogP) is 0.853. The van der Waals surface area contributed by atoms with Crippen molar-refractivity contribution in [2.45, 2.75) is 32.7 Å². The Bertz CT molecular complexity index is 178. The van der Waals surface area contributed by atoms with Crippen LogP contribution in [0.25, 0.3) is 0 Å². The number of hydrogen-bond donors (Lipinski definition) is 1. The summed E-state index contributed by atoms with van der Waals surface area (Å²) in [4.78, 5) is 13.4. The molecule has 0 heterocycles. The molecule has 1 rings (SSSR count). The Hall–Kier alpha value is -0.570. The predicted molar refractivity (Wildman–Crippen MR) is 53.5 cm³/mol. The van der Waals surface area contributed by atoms with Gasteiger partial charge in [0.05, 0.1) is 6.54 Å². The lowest BCUT2D eigenvalue weighted by Gasteiger charge is -2.23. The van der Waals surface area contributed by atoms with Crippen LogP contribution in [-0.2, 0) is 4.79 Å². The van der Waals surface area contributed by atoms with Gasteiger partial charge in [0.2, 0.25) is 5.91 Å². The van der Waals surface area contributed by atoms with E-state index in [-0.39, 0.29) is 5.91 Å². The van der Waals surface area contributed by atoms with Crippen molar-refractivity contribution in [3.8, 4) is 0 Å². The summed E-state index contributed by atoms with van der Waals surface area (Å²) in [5, 5.41) is 2.81. The minimum absolute atomic E-state index is 0.137. The minimum Gasteiger partial charge on any atom is -0.355 e. The number of hydrogen-bond acceptors (Lipinski definition) is 2. The lowest BCUT2D eigenvalue weighted by molar-refractivity contribution is -0.122. The second-order valence-corrected chi connectivity index (χ2v) is 3.95. The summed E-state index contributed by atoms with van der Waals surface area (Å²) in [6, 6.07) is 0.558. The van der Waals surface area contributed by atoms with Crippen molar-refractivity contribution in [3.05, 3.63) is 0 Å². The lowest BCUT2D eigenvalue weighted by atomic mass is 10.2. The van der Waals surface area contributed by atoms with Crippen molar-refractivity contribution in [2.75, 3.05) is 20.1 Å². The van der Waals surface area contributed by atoms with Crippen LogP contribution in [0.2, 0.25) is 0 Å². The van der Waals surface area contributed by atoms with Crippen LogP contribution in [0.15, 0.2) is 0 Å². The van der Waals surface area contributed by atoms with E-state index < -0.39 is 0 Å². The molecule has 1 saturated carbocycles. The molecule has 0 saturated heterocycles. The minimum atomic E-state index is 0.137. The summed E-state index contributed by atoms with van der Waals surface area (Å²) < 4.78 is 0. The molecule has 1 atom stereocenters. The second-order valence-electron chi connectivity index (χ2n) is 3.95. The molecule has 0 unspecified atom stereocenters. The van der Waals surface area contributed by atoms with Gasteiger partial charge in [-0.25, -0.2) is 0 Å². The monoisotopic (exact) mass is 184 g/mol. The van der Waals surface area contributed by atoms with Gasteiger partial charge >= 0.3 is 0 Å². The van der Waals surface area contributed by atoms with Crippen molar-refractivity contribution >= 4 is 5.91 Å². The summed E-state index contributed by atoms with van der Waals surface area (Å²) >= 11 is 0. The molecule has 1 amide bonds. The zero-order valence-electron chi connectivity index (χ0n) is 8.84. The van der Waals surface area contributed by atoms with Gasteiger partial charge in [0.25, 0.3) is 0 Å². The average Bonchev–Trinajstić information content (AvgIpc) is 2.85. The fourth-order valence-corrected chi connectivity index (χ4v) is 1.56. The Morgan fingerprint density at radius 3 is 2.69 bits per heavy atom. The highest BCUT2D eigenvalue weighted by atomic mass is 16.2. The lowest BCUT2D eigenvalue weighted by Crippen LogP contribution is -2.40. The molecule has 3 heteroatoms. The molecular formula is C10H20N2O. The van der Waals surface area contributed by atoms with Crippen molar-refractivity contribution in [1.29, 1.82) is 0 Å². The summed E-state index contributed by atoms with van der Waals surface area (Å²) in [5.41, 5.74) is 0. The van der Waals surface area contributed by atoms with Gasteiger partial charge in [0.15, 0.2) is 0 Å². The number of likely N-dealkylation sites (N-methyl/N-ethyl adjacent to an activating group) is 2. The van der Waals surface area contributed by atoms with Gasteiger partial charge in [-0.2, -0.15) is 0 Å². The summed E-state index contributed by atoms with van der Waals surface area (Å²) in [7, 11) is 2.03. The second kappa shape index (κ2) is 4.61. The van der Waals surface area contributed by atoms with Gasteiger partial charge in [-0.3, -0.25) is 9.69 Å². The van der Waals surface area contributed by atoms with E-state index >= 15 is 0 Å². The molecule has 0 aromatic carbocycles. The third kappa shape index (κ3) is 3.35. The van der Waals surface area contributed by atoms with Crippen molar-refractivity contribution in [1.82, 2.24) is 10.2 Å². The number of carbonyl (C=O) groups is 1. The maximum atomic E-state index is 11.2. The van der Waals surface area contributed by atoms with Crippen LogP contribution in [0, 0.1) is 5.92 Å². The number of nitrogens with zero attached hydrogens (tertiary/aromatic N) is 1.